The van der Waals surface area contributed by atoms with Crippen LogP contribution in [-0.2, 0) is 14.3 Å². The quantitative estimate of drug-likeness (QED) is 0.0320. The molecule has 0 fully saturated rings. The lowest BCUT2D eigenvalue weighted by molar-refractivity contribution is -0.143. The largest absolute Gasteiger partial charge is 0.466 e. The lowest BCUT2D eigenvalue weighted by atomic mass is 10.0. The van der Waals surface area contributed by atoms with Gasteiger partial charge in [0.25, 0.3) is 0 Å². The van der Waals surface area contributed by atoms with E-state index >= 15 is 0 Å². The van der Waals surface area contributed by atoms with Gasteiger partial charge in [0.15, 0.2) is 0 Å². The lowest BCUT2D eigenvalue weighted by Crippen LogP contribution is -2.45. The van der Waals surface area contributed by atoms with Gasteiger partial charge in [0.2, 0.25) is 5.91 Å². The van der Waals surface area contributed by atoms with E-state index in [-0.39, 0.29) is 18.5 Å². The van der Waals surface area contributed by atoms with Crippen LogP contribution < -0.4 is 5.32 Å². The number of rotatable bonds is 64. The van der Waals surface area contributed by atoms with Crippen LogP contribution in [0.2, 0.25) is 0 Å². The summed E-state index contributed by atoms with van der Waals surface area (Å²) in [5.41, 5.74) is 0. The van der Waals surface area contributed by atoms with Crippen LogP contribution in [0, 0.1) is 0 Å². The summed E-state index contributed by atoms with van der Waals surface area (Å²) in [6.45, 7) is 4.95. The number of carbonyl (C=O) groups excluding carboxylic acids is 2. The highest BCUT2D eigenvalue weighted by molar-refractivity contribution is 5.76. The van der Waals surface area contributed by atoms with E-state index in [0.29, 0.717) is 25.9 Å². The van der Waals surface area contributed by atoms with Crippen molar-refractivity contribution in [2.24, 2.45) is 0 Å². The first-order chi connectivity index (χ1) is 36.5. The maximum absolute atomic E-state index is 12.5. The molecule has 0 aromatic heterocycles. The van der Waals surface area contributed by atoms with Gasteiger partial charge < -0.3 is 20.3 Å². The van der Waals surface area contributed by atoms with E-state index in [9.17, 15) is 19.8 Å². The van der Waals surface area contributed by atoms with Gasteiger partial charge in [-0.2, -0.15) is 0 Å². The second-order valence-electron chi connectivity index (χ2n) is 23.5. The maximum Gasteiger partial charge on any atom is 0.305 e. The van der Waals surface area contributed by atoms with Gasteiger partial charge in [-0.15, -0.1) is 0 Å². The molecule has 0 radical (unpaired) electrons. The van der Waals surface area contributed by atoms with Crippen molar-refractivity contribution < 1.29 is 24.5 Å². The molecule has 0 saturated carbocycles. The molecule has 2 unspecified atom stereocenters. The Morgan fingerprint density at radius 1 is 0.365 bits per heavy atom. The summed E-state index contributed by atoms with van der Waals surface area (Å²) in [4.78, 5) is 24.5. The predicted molar refractivity (Wildman–Crippen MR) is 324 cm³/mol. The number of amides is 1. The van der Waals surface area contributed by atoms with Crippen molar-refractivity contribution >= 4 is 11.9 Å². The number of aliphatic hydroxyl groups excluding tert-OH is 2. The van der Waals surface area contributed by atoms with Gasteiger partial charge in [0, 0.05) is 12.8 Å². The van der Waals surface area contributed by atoms with Crippen molar-refractivity contribution in [1.29, 1.82) is 0 Å². The van der Waals surface area contributed by atoms with E-state index in [1.807, 2.05) is 0 Å². The minimum absolute atomic E-state index is 0.0102. The monoisotopic (exact) mass is 1040 g/mol. The van der Waals surface area contributed by atoms with Crippen LogP contribution in [0.1, 0.15) is 386 Å². The minimum Gasteiger partial charge on any atom is -0.466 e. The highest BCUT2D eigenvalue weighted by atomic mass is 16.5. The van der Waals surface area contributed by atoms with E-state index in [2.05, 4.69) is 31.3 Å². The zero-order valence-corrected chi connectivity index (χ0v) is 50.4. The molecule has 0 bridgehead atoms. The fourth-order valence-corrected chi connectivity index (χ4v) is 10.9. The number of allylic oxidation sites excluding steroid dienone is 2. The molecule has 0 aliphatic rings. The second kappa shape index (κ2) is 64.1. The first-order valence-electron chi connectivity index (χ1n) is 33.9. The number of nitrogens with one attached hydrogen (secondary N) is 1. The molecule has 6 heteroatoms. The van der Waals surface area contributed by atoms with Crippen molar-refractivity contribution in [3.8, 4) is 0 Å². The summed E-state index contributed by atoms with van der Waals surface area (Å²) in [5.74, 6) is -0.0175. The molecule has 0 aliphatic heterocycles. The van der Waals surface area contributed by atoms with Crippen molar-refractivity contribution in [2.75, 3.05) is 13.2 Å². The van der Waals surface area contributed by atoms with E-state index in [4.69, 9.17) is 4.74 Å². The standard InChI is InChI=1S/C68H133NO5/c1-3-5-7-9-11-13-15-16-34-37-41-44-48-52-56-60-66(71)65(64-70)69-67(72)61-57-53-49-45-42-38-35-32-30-28-26-24-22-20-18-17-19-21-23-25-27-29-31-33-36-39-43-47-51-55-59-63-74-68(73)62-58-54-50-46-40-14-12-10-8-6-4-2/h10,12,65-66,70-71H,3-9,11,13-64H2,1-2H3,(H,69,72)/b12-10-. The van der Waals surface area contributed by atoms with Gasteiger partial charge in [0.05, 0.1) is 25.4 Å². The minimum atomic E-state index is -0.660. The SMILES string of the molecule is CCCC/C=C\CCCCCCCC(=O)OCCCCCCCCCCCCCCCCCCCCCCCCCCCCCCCCCC(=O)NC(CO)C(O)CCCCCCCCCCCCCCCCC. The Balaban J connectivity index is 3.32. The first-order valence-corrected chi connectivity index (χ1v) is 33.9. The van der Waals surface area contributed by atoms with Crippen molar-refractivity contribution in [3.63, 3.8) is 0 Å². The summed E-state index contributed by atoms with van der Waals surface area (Å²) in [5, 5.41) is 23.3. The van der Waals surface area contributed by atoms with Crippen LogP contribution in [0.5, 0.6) is 0 Å². The summed E-state index contributed by atoms with van der Waals surface area (Å²) in [7, 11) is 0. The van der Waals surface area contributed by atoms with Crippen LogP contribution in [0.25, 0.3) is 0 Å². The van der Waals surface area contributed by atoms with Crippen molar-refractivity contribution in [1.82, 2.24) is 5.32 Å². The molecule has 0 saturated heterocycles. The Morgan fingerprint density at radius 3 is 1.00 bits per heavy atom. The number of ether oxygens (including phenoxy) is 1. The average Bonchev–Trinajstić information content (AvgIpc) is 3.40. The van der Waals surface area contributed by atoms with Gasteiger partial charge >= 0.3 is 5.97 Å². The number of carbonyl (C=O) groups is 2. The number of hydrogen-bond donors (Lipinski definition) is 3. The normalized spacial score (nSPS) is 12.5. The predicted octanol–water partition coefficient (Wildman–Crippen LogP) is 21.6. The Hall–Kier alpha value is -1.40. The summed E-state index contributed by atoms with van der Waals surface area (Å²) >= 11 is 0. The average molecular weight is 1040 g/mol. The van der Waals surface area contributed by atoms with Crippen LogP contribution >= 0.6 is 0 Å². The second-order valence-corrected chi connectivity index (χ2v) is 23.5. The molecule has 6 nitrogen and oxygen atoms in total. The van der Waals surface area contributed by atoms with E-state index < -0.39 is 12.1 Å². The van der Waals surface area contributed by atoms with E-state index in [1.54, 1.807) is 0 Å². The van der Waals surface area contributed by atoms with Gasteiger partial charge in [-0.05, 0) is 44.9 Å². The fourth-order valence-electron chi connectivity index (χ4n) is 10.9. The van der Waals surface area contributed by atoms with Crippen molar-refractivity contribution in [3.05, 3.63) is 12.2 Å². The molecule has 0 spiro atoms. The zero-order chi connectivity index (χ0) is 53.6. The third kappa shape index (κ3) is 59.8. The Labute approximate surface area is 463 Å². The number of aliphatic hydroxyl groups is 2. The van der Waals surface area contributed by atoms with Crippen LogP contribution in [0.15, 0.2) is 12.2 Å². The molecule has 0 aliphatic carbocycles. The molecule has 3 N–H and O–H groups in total. The Kier molecular flexibility index (Phi) is 62.9. The summed E-state index contributed by atoms with van der Waals surface area (Å²) in [6, 6.07) is -0.537. The highest BCUT2D eigenvalue weighted by Gasteiger charge is 2.20. The molecule has 0 rings (SSSR count). The van der Waals surface area contributed by atoms with Crippen LogP contribution in [0.4, 0.5) is 0 Å². The molecule has 0 heterocycles. The van der Waals surface area contributed by atoms with Gasteiger partial charge in [-0.1, -0.05) is 341 Å². The van der Waals surface area contributed by atoms with Gasteiger partial charge in [-0.25, -0.2) is 0 Å². The molecule has 2 atom stereocenters. The number of esters is 1. The molecular formula is C68H133NO5. The smallest absolute Gasteiger partial charge is 0.305 e. The number of hydrogen-bond acceptors (Lipinski definition) is 5. The lowest BCUT2D eigenvalue weighted by Gasteiger charge is -2.22. The van der Waals surface area contributed by atoms with Crippen LogP contribution in [0.3, 0.4) is 0 Å². The molecule has 74 heavy (non-hydrogen) atoms. The van der Waals surface area contributed by atoms with E-state index in [1.165, 1.54) is 308 Å². The first kappa shape index (κ1) is 72.6. The molecule has 0 aromatic carbocycles. The summed E-state index contributed by atoms with van der Waals surface area (Å²) in [6.07, 6.45) is 78.3. The summed E-state index contributed by atoms with van der Waals surface area (Å²) < 4.78 is 5.47. The Morgan fingerprint density at radius 2 is 0.649 bits per heavy atom. The zero-order valence-electron chi connectivity index (χ0n) is 50.4. The van der Waals surface area contributed by atoms with Crippen LogP contribution in [-0.4, -0.2) is 47.4 Å². The number of unbranched alkanes of at least 4 members (excludes halogenated alkanes) is 51. The highest BCUT2D eigenvalue weighted by Crippen LogP contribution is 2.19. The maximum atomic E-state index is 12.5. The van der Waals surface area contributed by atoms with E-state index in [0.717, 1.165) is 44.9 Å². The fraction of sp³-hybridized carbons (Fsp3) is 0.941. The Bertz CT molecular complexity index is 1110. The topological polar surface area (TPSA) is 95.9 Å². The third-order valence-electron chi connectivity index (χ3n) is 16.1. The molecule has 440 valence electrons. The van der Waals surface area contributed by atoms with Gasteiger partial charge in [0.1, 0.15) is 0 Å². The molecule has 0 aromatic rings. The third-order valence-corrected chi connectivity index (χ3v) is 16.1. The van der Waals surface area contributed by atoms with Gasteiger partial charge in [-0.3, -0.25) is 9.59 Å². The van der Waals surface area contributed by atoms with Crippen molar-refractivity contribution in [2.45, 2.75) is 398 Å². The molecule has 1 amide bonds. The molecular weight excluding hydrogens is 911 g/mol.